The molecular weight excluding hydrogens is 410 g/mol. The Morgan fingerprint density at radius 1 is 1.26 bits per heavy atom. The molecule has 0 spiro atoms. The molecule has 168 valence electrons. The monoisotopic (exact) mass is 443 g/mol. The second-order valence-electron chi connectivity index (χ2n) is 8.50. The number of aromatic hydroxyl groups is 1. The Morgan fingerprint density at radius 3 is 2.84 bits per heavy atom. The second-order valence-corrected chi connectivity index (χ2v) is 10.4. The molecule has 1 aliphatic carbocycles. The first-order valence-electron chi connectivity index (χ1n) is 11.1. The lowest BCUT2D eigenvalue weighted by atomic mass is 9.73. The number of fused-ring (bicyclic) bond motifs is 3. The van der Waals surface area contributed by atoms with Crippen molar-refractivity contribution in [1.82, 2.24) is 4.72 Å². The molecule has 1 aromatic carbocycles. The Bertz CT molecular complexity index is 1010. The molecule has 0 saturated heterocycles. The summed E-state index contributed by atoms with van der Waals surface area (Å²) in [6.45, 7) is 8.62. The van der Waals surface area contributed by atoms with Crippen molar-refractivity contribution in [3.63, 3.8) is 0 Å². The van der Waals surface area contributed by atoms with Crippen molar-refractivity contribution in [2.75, 3.05) is 12.3 Å². The van der Waals surface area contributed by atoms with E-state index < -0.39 is 10.0 Å². The third-order valence-corrected chi connectivity index (χ3v) is 7.41. The molecule has 0 bridgehead atoms. The summed E-state index contributed by atoms with van der Waals surface area (Å²) in [5, 5.41) is 10.7. The molecule has 1 heterocycles. The van der Waals surface area contributed by atoms with Crippen molar-refractivity contribution in [3.8, 4) is 23.3 Å². The molecular formula is C25H33NO4S. The van der Waals surface area contributed by atoms with Gasteiger partial charge in [-0.2, -0.15) is 0 Å². The van der Waals surface area contributed by atoms with E-state index in [4.69, 9.17) is 4.74 Å². The van der Waals surface area contributed by atoms with E-state index >= 15 is 0 Å². The van der Waals surface area contributed by atoms with Gasteiger partial charge in [-0.25, -0.2) is 13.1 Å². The Balaban J connectivity index is 1.56. The standard InChI is InChI=1S/C25H33NO4S/c1-4-5-14-31(28,29)26-13-9-7-6-8-10-20-16-23(27)25-22-15-18(2)11-12-21(22)19(3)30-24(25)17-20/h11,16-17,21-22,26-27H,3-5,7,9-10,12-15H2,1-2H3. The SMILES string of the molecule is C=C1Oc2cc(CC#CCCCNS(=O)(=O)CCCC)cc(O)c2C2CC(C)=CCC12. The van der Waals surface area contributed by atoms with Crippen LogP contribution in [0.4, 0.5) is 0 Å². The van der Waals surface area contributed by atoms with E-state index in [-0.39, 0.29) is 23.3 Å². The van der Waals surface area contributed by atoms with Crippen LogP contribution in [0.3, 0.4) is 0 Å². The van der Waals surface area contributed by atoms with E-state index in [1.54, 1.807) is 6.07 Å². The van der Waals surface area contributed by atoms with Gasteiger partial charge in [0.1, 0.15) is 17.3 Å². The molecule has 2 aliphatic rings. The van der Waals surface area contributed by atoms with Crippen molar-refractivity contribution >= 4 is 10.0 Å². The number of ether oxygens (including phenoxy) is 1. The minimum absolute atomic E-state index is 0.183. The second kappa shape index (κ2) is 10.4. The summed E-state index contributed by atoms with van der Waals surface area (Å²) in [6.07, 6.45) is 7.39. The first-order valence-corrected chi connectivity index (χ1v) is 12.8. The topological polar surface area (TPSA) is 75.6 Å². The summed E-state index contributed by atoms with van der Waals surface area (Å²) < 4.78 is 32.1. The summed E-state index contributed by atoms with van der Waals surface area (Å²) in [7, 11) is -3.16. The van der Waals surface area contributed by atoms with Gasteiger partial charge in [-0.15, -0.1) is 5.92 Å². The van der Waals surface area contributed by atoms with Crippen LogP contribution in [-0.4, -0.2) is 25.8 Å². The third kappa shape index (κ3) is 6.15. The molecule has 0 amide bonds. The quantitative estimate of drug-likeness (QED) is 0.344. The molecule has 2 atom stereocenters. The van der Waals surface area contributed by atoms with Crippen LogP contribution >= 0.6 is 0 Å². The molecule has 1 aromatic rings. The van der Waals surface area contributed by atoms with Crippen LogP contribution in [0.15, 0.2) is 36.1 Å². The molecule has 3 rings (SSSR count). The van der Waals surface area contributed by atoms with Crippen molar-refractivity contribution in [2.24, 2.45) is 5.92 Å². The van der Waals surface area contributed by atoms with Crippen LogP contribution < -0.4 is 9.46 Å². The molecule has 6 heteroatoms. The molecule has 0 radical (unpaired) electrons. The predicted octanol–water partition coefficient (Wildman–Crippen LogP) is 4.78. The van der Waals surface area contributed by atoms with Crippen LogP contribution in [0.5, 0.6) is 11.5 Å². The number of allylic oxidation sites excluding steroid dienone is 3. The van der Waals surface area contributed by atoms with Gasteiger partial charge in [0, 0.05) is 36.8 Å². The molecule has 2 unspecified atom stereocenters. The van der Waals surface area contributed by atoms with Crippen LogP contribution in [0.1, 0.15) is 69.4 Å². The van der Waals surface area contributed by atoms with Gasteiger partial charge in [-0.1, -0.05) is 37.5 Å². The highest BCUT2D eigenvalue weighted by molar-refractivity contribution is 7.89. The number of sulfonamides is 1. The minimum Gasteiger partial charge on any atom is -0.508 e. The first kappa shape index (κ1) is 23.4. The van der Waals surface area contributed by atoms with Gasteiger partial charge < -0.3 is 9.84 Å². The molecule has 0 fully saturated rings. The number of hydrogen-bond acceptors (Lipinski definition) is 4. The fourth-order valence-corrected chi connectivity index (χ4v) is 5.50. The van der Waals surface area contributed by atoms with Crippen molar-refractivity contribution in [1.29, 1.82) is 0 Å². The number of benzene rings is 1. The highest BCUT2D eigenvalue weighted by Gasteiger charge is 2.37. The Kier molecular flexibility index (Phi) is 7.85. The van der Waals surface area contributed by atoms with Gasteiger partial charge in [0.2, 0.25) is 10.0 Å². The highest BCUT2D eigenvalue weighted by atomic mass is 32.2. The molecule has 5 nitrogen and oxygen atoms in total. The van der Waals surface area contributed by atoms with Gasteiger partial charge in [0.25, 0.3) is 0 Å². The number of phenols is 1. The van der Waals surface area contributed by atoms with Crippen LogP contribution in [-0.2, 0) is 16.4 Å². The Morgan fingerprint density at radius 2 is 2.06 bits per heavy atom. The average molecular weight is 444 g/mol. The van der Waals surface area contributed by atoms with Crippen LogP contribution in [0.25, 0.3) is 0 Å². The average Bonchev–Trinajstić information content (AvgIpc) is 2.71. The van der Waals surface area contributed by atoms with Crippen LogP contribution in [0.2, 0.25) is 0 Å². The zero-order chi connectivity index (χ0) is 22.4. The number of phenolic OH excluding ortho intramolecular Hbond substituents is 1. The maximum Gasteiger partial charge on any atom is 0.211 e. The van der Waals surface area contributed by atoms with Gasteiger partial charge in [0.05, 0.1) is 5.75 Å². The fourth-order valence-electron chi connectivity index (χ4n) is 4.23. The molecule has 1 aliphatic heterocycles. The van der Waals surface area contributed by atoms with E-state index in [2.05, 4.69) is 36.1 Å². The molecule has 0 saturated carbocycles. The number of hydrogen-bond donors (Lipinski definition) is 2. The molecule has 31 heavy (non-hydrogen) atoms. The largest absolute Gasteiger partial charge is 0.508 e. The van der Waals surface area contributed by atoms with Gasteiger partial charge in [-0.05, 0) is 50.3 Å². The normalized spacial score (nSPS) is 20.1. The smallest absolute Gasteiger partial charge is 0.211 e. The highest BCUT2D eigenvalue weighted by Crippen LogP contribution is 2.51. The molecule has 2 N–H and O–H groups in total. The lowest BCUT2D eigenvalue weighted by molar-refractivity contribution is 0.265. The number of rotatable bonds is 8. The van der Waals surface area contributed by atoms with Crippen molar-refractivity contribution in [2.45, 2.75) is 64.7 Å². The fraction of sp³-hybridized carbons (Fsp3) is 0.520. The van der Waals surface area contributed by atoms with Crippen molar-refractivity contribution < 1.29 is 18.3 Å². The van der Waals surface area contributed by atoms with Gasteiger partial charge >= 0.3 is 0 Å². The minimum atomic E-state index is -3.16. The maximum absolute atomic E-state index is 11.7. The predicted molar refractivity (Wildman–Crippen MR) is 125 cm³/mol. The van der Waals surface area contributed by atoms with Crippen LogP contribution in [0, 0.1) is 17.8 Å². The van der Waals surface area contributed by atoms with E-state index in [0.717, 1.165) is 36.1 Å². The Hall–Kier alpha value is -2.23. The summed E-state index contributed by atoms with van der Waals surface area (Å²) in [4.78, 5) is 0. The van der Waals surface area contributed by atoms with E-state index in [1.165, 1.54) is 5.57 Å². The Labute approximate surface area is 186 Å². The zero-order valence-electron chi connectivity index (χ0n) is 18.5. The van der Waals surface area contributed by atoms with Crippen molar-refractivity contribution in [3.05, 3.63) is 47.2 Å². The summed E-state index contributed by atoms with van der Waals surface area (Å²) >= 11 is 0. The third-order valence-electron chi connectivity index (χ3n) is 5.94. The number of nitrogens with one attached hydrogen (secondary N) is 1. The summed E-state index contributed by atoms with van der Waals surface area (Å²) in [6, 6.07) is 3.75. The summed E-state index contributed by atoms with van der Waals surface area (Å²) in [5.74, 6) is 8.55. The summed E-state index contributed by atoms with van der Waals surface area (Å²) in [5.41, 5.74) is 3.12. The zero-order valence-corrected chi connectivity index (χ0v) is 19.4. The maximum atomic E-state index is 11.7. The lowest BCUT2D eigenvalue weighted by Gasteiger charge is -2.37. The number of unbranched alkanes of at least 4 members (excludes halogenated alkanes) is 2. The van der Waals surface area contributed by atoms with Gasteiger partial charge in [-0.3, -0.25) is 0 Å². The molecule has 0 aromatic heterocycles. The van der Waals surface area contributed by atoms with E-state index in [0.29, 0.717) is 38.0 Å². The first-order chi connectivity index (χ1) is 14.8. The van der Waals surface area contributed by atoms with E-state index in [9.17, 15) is 13.5 Å². The van der Waals surface area contributed by atoms with E-state index in [1.807, 2.05) is 13.0 Å². The lowest BCUT2D eigenvalue weighted by Crippen LogP contribution is -2.27. The van der Waals surface area contributed by atoms with Gasteiger partial charge in [0.15, 0.2) is 0 Å².